The third kappa shape index (κ3) is 3.22. The second-order valence-electron chi connectivity index (χ2n) is 4.67. The lowest BCUT2D eigenvalue weighted by Gasteiger charge is -2.22. The minimum atomic E-state index is -3.70. The number of aryl methyl sites for hydroxylation is 1. The average Bonchev–Trinajstić information content (AvgIpc) is 2.50. The summed E-state index contributed by atoms with van der Waals surface area (Å²) >= 11 is 0. The van der Waals surface area contributed by atoms with Crippen LogP contribution < -0.4 is 4.31 Å². The number of aliphatic hydroxyl groups excluding tert-OH is 1. The maximum atomic E-state index is 12.6. The number of hydrogen-bond donors (Lipinski definition) is 1. The van der Waals surface area contributed by atoms with Gasteiger partial charge >= 0.3 is 0 Å². The number of sulfonamides is 1. The summed E-state index contributed by atoms with van der Waals surface area (Å²) in [5.74, 6) is 0. The van der Waals surface area contributed by atoms with E-state index in [9.17, 15) is 8.42 Å². The summed E-state index contributed by atoms with van der Waals surface area (Å²) in [6.45, 7) is 3.88. The Labute approximate surface area is 124 Å². The van der Waals surface area contributed by atoms with Crippen molar-refractivity contribution in [1.29, 1.82) is 0 Å². The Kier molecular flexibility index (Phi) is 4.59. The van der Waals surface area contributed by atoms with Gasteiger partial charge in [-0.25, -0.2) is 4.98 Å². The van der Waals surface area contributed by atoms with Crippen LogP contribution in [0.3, 0.4) is 0 Å². The van der Waals surface area contributed by atoms with Crippen molar-refractivity contribution in [2.75, 3.05) is 10.8 Å². The molecular formula is C15H18N2O3S. The number of aliphatic hydroxyl groups is 1. The Bertz CT molecular complexity index is 695. The van der Waals surface area contributed by atoms with Crippen LogP contribution in [0.2, 0.25) is 0 Å². The van der Waals surface area contributed by atoms with Crippen LogP contribution in [0.4, 0.5) is 5.69 Å². The monoisotopic (exact) mass is 306 g/mol. The van der Waals surface area contributed by atoms with Crippen LogP contribution in [0, 0.1) is 6.92 Å². The first-order valence-corrected chi connectivity index (χ1v) is 8.08. The van der Waals surface area contributed by atoms with Crippen molar-refractivity contribution in [2.24, 2.45) is 0 Å². The van der Waals surface area contributed by atoms with Gasteiger partial charge in [0.15, 0.2) is 5.03 Å². The molecule has 0 unspecified atom stereocenters. The molecule has 0 aliphatic heterocycles. The normalized spacial score (nSPS) is 11.4. The van der Waals surface area contributed by atoms with Gasteiger partial charge < -0.3 is 5.11 Å². The van der Waals surface area contributed by atoms with Gasteiger partial charge in [0, 0.05) is 12.7 Å². The number of anilines is 1. The molecule has 112 valence electrons. The lowest BCUT2D eigenvalue weighted by molar-refractivity contribution is 0.281. The molecule has 1 heterocycles. The van der Waals surface area contributed by atoms with Gasteiger partial charge in [-0.3, -0.25) is 4.31 Å². The summed E-state index contributed by atoms with van der Waals surface area (Å²) in [6, 6.07) is 10.3. The topological polar surface area (TPSA) is 70.5 Å². The molecule has 6 heteroatoms. The van der Waals surface area contributed by atoms with Crippen LogP contribution >= 0.6 is 0 Å². The number of hydrogen-bond acceptors (Lipinski definition) is 4. The molecule has 1 aromatic heterocycles. The van der Waals surface area contributed by atoms with Gasteiger partial charge in [0.2, 0.25) is 0 Å². The largest absolute Gasteiger partial charge is 0.392 e. The van der Waals surface area contributed by atoms with Crippen molar-refractivity contribution >= 4 is 15.7 Å². The lowest BCUT2D eigenvalue weighted by Crippen LogP contribution is -2.31. The molecule has 1 N–H and O–H groups in total. The molecule has 0 amide bonds. The summed E-state index contributed by atoms with van der Waals surface area (Å²) in [4.78, 5) is 3.94. The summed E-state index contributed by atoms with van der Waals surface area (Å²) < 4.78 is 26.6. The molecule has 5 nitrogen and oxygen atoms in total. The molecule has 0 saturated carbocycles. The minimum Gasteiger partial charge on any atom is -0.392 e. The van der Waals surface area contributed by atoms with Crippen molar-refractivity contribution in [2.45, 2.75) is 25.5 Å². The second-order valence-corrected chi connectivity index (χ2v) is 6.48. The van der Waals surface area contributed by atoms with E-state index in [1.165, 1.54) is 16.6 Å². The highest BCUT2D eigenvalue weighted by atomic mass is 32.2. The smallest absolute Gasteiger partial charge is 0.281 e. The van der Waals surface area contributed by atoms with Gasteiger partial charge in [-0.2, -0.15) is 8.42 Å². The van der Waals surface area contributed by atoms with E-state index in [-0.39, 0.29) is 11.6 Å². The zero-order valence-electron chi connectivity index (χ0n) is 12.0. The van der Waals surface area contributed by atoms with Crippen LogP contribution in [0.1, 0.15) is 18.1 Å². The fourth-order valence-corrected chi connectivity index (χ4v) is 3.36. The van der Waals surface area contributed by atoms with E-state index in [0.717, 1.165) is 5.56 Å². The molecule has 0 spiro atoms. The minimum absolute atomic E-state index is 0.0258. The SMILES string of the molecule is CCN(c1ccc(C)cc1)S(=O)(=O)c1ccc(CO)cn1. The Morgan fingerprint density at radius 3 is 2.29 bits per heavy atom. The van der Waals surface area contributed by atoms with E-state index in [1.807, 2.05) is 19.1 Å². The molecule has 0 radical (unpaired) electrons. The van der Waals surface area contributed by atoms with Crippen molar-refractivity contribution in [1.82, 2.24) is 4.98 Å². The van der Waals surface area contributed by atoms with Crippen LogP contribution in [0.15, 0.2) is 47.6 Å². The first-order valence-electron chi connectivity index (χ1n) is 6.64. The standard InChI is InChI=1S/C15H18N2O3S/c1-3-17(14-7-4-12(2)5-8-14)21(19,20)15-9-6-13(11-18)10-16-15/h4-10,18H,3,11H2,1-2H3. The Morgan fingerprint density at radius 2 is 1.81 bits per heavy atom. The zero-order valence-corrected chi connectivity index (χ0v) is 12.8. The Hall–Kier alpha value is -1.92. The summed E-state index contributed by atoms with van der Waals surface area (Å²) in [6.07, 6.45) is 1.37. The van der Waals surface area contributed by atoms with Gasteiger partial charge in [-0.1, -0.05) is 23.8 Å². The molecule has 0 bridgehead atoms. The van der Waals surface area contributed by atoms with E-state index in [1.54, 1.807) is 25.1 Å². The molecule has 0 fully saturated rings. The fourth-order valence-electron chi connectivity index (χ4n) is 1.97. The van der Waals surface area contributed by atoms with Gasteiger partial charge in [0.25, 0.3) is 10.0 Å². The van der Waals surface area contributed by atoms with E-state index in [0.29, 0.717) is 17.8 Å². The predicted molar refractivity (Wildman–Crippen MR) is 81.5 cm³/mol. The van der Waals surface area contributed by atoms with Crippen LogP contribution in [-0.2, 0) is 16.6 Å². The third-order valence-electron chi connectivity index (χ3n) is 3.14. The van der Waals surface area contributed by atoms with Crippen LogP contribution in [-0.4, -0.2) is 25.1 Å². The molecule has 1 aromatic carbocycles. The van der Waals surface area contributed by atoms with Gasteiger partial charge in [0.1, 0.15) is 0 Å². The van der Waals surface area contributed by atoms with Crippen molar-refractivity contribution in [3.63, 3.8) is 0 Å². The molecular weight excluding hydrogens is 288 g/mol. The highest BCUT2D eigenvalue weighted by Gasteiger charge is 2.24. The predicted octanol–water partition coefficient (Wildman–Crippen LogP) is 2.10. The van der Waals surface area contributed by atoms with Crippen molar-refractivity contribution in [3.8, 4) is 0 Å². The first kappa shape index (κ1) is 15.5. The molecule has 2 rings (SSSR count). The quantitative estimate of drug-likeness (QED) is 0.918. The van der Waals surface area contributed by atoms with Gasteiger partial charge in [-0.15, -0.1) is 0 Å². The molecule has 2 aromatic rings. The number of pyridine rings is 1. The molecule has 0 saturated heterocycles. The average molecular weight is 306 g/mol. The molecule has 21 heavy (non-hydrogen) atoms. The van der Waals surface area contributed by atoms with E-state index >= 15 is 0 Å². The first-order chi connectivity index (χ1) is 9.98. The number of nitrogens with zero attached hydrogens (tertiary/aromatic N) is 2. The second kappa shape index (κ2) is 6.24. The van der Waals surface area contributed by atoms with Gasteiger partial charge in [0.05, 0.1) is 12.3 Å². The van der Waals surface area contributed by atoms with Gasteiger partial charge in [-0.05, 0) is 37.6 Å². The van der Waals surface area contributed by atoms with Crippen LogP contribution in [0.5, 0.6) is 0 Å². The van der Waals surface area contributed by atoms with E-state index < -0.39 is 10.0 Å². The molecule has 0 aliphatic carbocycles. The van der Waals surface area contributed by atoms with Crippen molar-refractivity contribution in [3.05, 3.63) is 53.7 Å². The zero-order chi connectivity index (χ0) is 15.5. The summed E-state index contributed by atoms with van der Waals surface area (Å²) in [5.41, 5.74) is 2.25. The van der Waals surface area contributed by atoms with Crippen molar-refractivity contribution < 1.29 is 13.5 Å². The number of rotatable bonds is 5. The number of benzene rings is 1. The Balaban J connectivity index is 2.41. The maximum absolute atomic E-state index is 12.6. The highest BCUT2D eigenvalue weighted by molar-refractivity contribution is 7.92. The van der Waals surface area contributed by atoms with E-state index in [4.69, 9.17) is 5.11 Å². The van der Waals surface area contributed by atoms with Crippen LogP contribution in [0.25, 0.3) is 0 Å². The number of aromatic nitrogens is 1. The lowest BCUT2D eigenvalue weighted by atomic mass is 10.2. The molecule has 0 atom stereocenters. The highest BCUT2D eigenvalue weighted by Crippen LogP contribution is 2.22. The Morgan fingerprint density at radius 1 is 1.14 bits per heavy atom. The summed E-state index contributed by atoms with van der Waals surface area (Å²) in [5, 5.41) is 8.96. The van der Waals surface area contributed by atoms with E-state index in [2.05, 4.69) is 4.98 Å². The third-order valence-corrected chi connectivity index (χ3v) is 4.96. The molecule has 0 aliphatic rings. The fraction of sp³-hybridized carbons (Fsp3) is 0.267. The maximum Gasteiger partial charge on any atom is 0.281 e. The summed E-state index contributed by atoms with van der Waals surface area (Å²) in [7, 11) is -3.70.